The Labute approximate surface area is 92.8 Å². The van der Waals surface area contributed by atoms with Crippen LogP contribution in [0.15, 0.2) is 36.0 Å². The predicted octanol–water partition coefficient (Wildman–Crippen LogP) is 3.53. The number of oxime groups is 1. The second kappa shape index (κ2) is 5.68. The Hall–Kier alpha value is -0.990. The van der Waals surface area contributed by atoms with Crippen molar-refractivity contribution in [3.8, 4) is 0 Å². The second-order valence-corrected chi connectivity index (χ2v) is 3.33. The van der Waals surface area contributed by atoms with Crippen LogP contribution in [0.25, 0.3) is 0 Å². The quantitative estimate of drug-likeness (QED) is 0.335. The molecular formula is C10H9Cl2NO. The summed E-state index contributed by atoms with van der Waals surface area (Å²) in [5, 5.41) is 4.84. The smallest absolute Gasteiger partial charge is 0.135 e. The number of benzene rings is 1. The van der Waals surface area contributed by atoms with E-state index >= 15 is 0 Å². The van der Waals surface area contributed by atoms with Crippen LogP contribution < -0.4 is 0 Å². The molecule has 0 radical (unpaired) electrons. The third-order valence-electron chi connectivity index (χ3n) is 1.42. The van der Waals surface area contributed by atoms with Gasteiger partial charge in [-0.15, -0.1) is 0 Å². The summed E-state index contributed by atoms with van der Waals surface area (Å²) < 4.78 is 0. The molecule has 4 heteroatoms. The van der Waals surface area contributed by atoms with Crippen LogP contribution in [0.4, 0.5) is 0 Å². The Balaban J connectivity index is 2.67. The van der Waals surface area contributed by atoms with Crippen LogP contribution in [-0.4, -0.2) is 12.8 Å². The summed E-state index contributed by atoms with van der Waals surface area (Å²) in [4.78, 5) is 4.83. The lowest BCUT2D eigenvalue weighted by molar-refractivity contribution is 0.176. The molecule has 0 saturated heterocycles. The van der Waals surface area contributed by atoms with E-state index in [1.54, 1.807) is 24.3 Å². The Bertz CT molecular complexity index is 350. The van der Waals surface area contributed by atoms with Gasteiger partial charge in [-0.25, -0.2) is 0 Å². The van der Waals surface area contributed by atoms with Crippen molar-refractivity contribution in [1.29, 1.82) is 0 Å². The molecule has 0 saturated carbocycles. The topological polar surface area (TPSA) is 21.6 Å². The summed E-state index contributed by atoms with van der Waals surface area (Å²) >= 11 is 11.6. The van der Waals surface area contributed by atoms with Crippen molar-refractivity contribution in [3.05, 3.63) is 46.5 Å². The average Bonchev–Trinajstić information content (AvgIpc) is 2.15. The third kappa shape index (κ3) is 3.40. The molecule has 0 spiro atoms. The number of nitrogens with zero attached hydrogens (tertiary/aromatic N) is 1. The van der Waals surface area contributed by atoms with E-state index in [2.05, 4.69) is 11.7 Å². The highest BCUT2D eigenvalue weighted by Gasteiger charge is 1.97. The van der Waals surface area contributed by atoms with Crippen LogP contribution in [0.1, 0.15) is 5.56 Å². The lowest BCUT2D eigenvalue weighted by Crippen LogP contribution is -1.86. The molecular weight excluding hydrogens is 221 g/mol. The van der Waals surface area contributed by atoms with Crippen LogP contribution in [0.2, 0.25) is 10.0 Å². The molecule has 0 bridgehead atoms. The van der Waals surface area contributed by atoms with E-state index in [-0.39, 0.29) is 0 Å². The van der Waals surface area contributed by atoms with E-state index in [9.17, 15) is 0 Å². The minimum absolute atomic E-state index is 0.377. The first-order valence-corrected chi connectivity index (χ1v) is 4.71. The molecule has 2 nitrogen and oxygen atoms in total. The van der Waals surface area contributed by atoms with Gasteiger partial charge in [0.2, 0.25) is 0 Å². The first-order chi connectivity index (χ1) is 6.74. The molecule has 0 atom stereocenters. The van der Waals surface area contributed by atoms with E-state index < -0.39 is 0 Å². The van der Waals surface area contributed by atoms with Gasteiger partial charge in [-0.1, -0.05) is 47.1 Å². The van der Waals surface area contributed by atoms with Crippen molar-refractivity contribution in [1.82, 2.24) is 0 Å². The molecule has 1 rings (SSSR count). The van der Waals surface area contributed by atoms with E-state index in [0.29, 0.717) is 16.7 Å². The Morgan fingerprint density at radius 3 is 2.86 bits per heavy atom. The summed E-state index contributed by atoms with van der Waals surface area (Å²) in [5.41, 5.74) is 0.764. The first kappa shape index (κ1) is 11.1. The summed E-state index contributed by atoms with van der Waals surface area (Å²) in [6.07, 6.45) is 3.14. The van der Waals surface area contributed by atoms with Gasteiger partial charge < -0.3 is 4.84 Å². The van der Waals surface area contributed by atoms with Crippen LogP contribution in [0, 0.1) is 0 Å². The van der Waals surface area contributed by atoms with Gasteiger partial charge in [0.1, 0.15) is 6.61 Å². The largest absolute Gasteiger partial charge is 0.392 e. The van der Waals surface area contributed by atoms with E-state index in [1.807, 2.05) is 0 Å². The van der Waals surface area contributed by atoms with Gasteiger partial charge in [0.15, 0.2) is 0 Å². The lowest BCUT2D eigenvalue weighted by atomic mass is 10.2. The fraction of sp³-hybridized carbons (Fsp3) is 0.100. The zero-order chi connectivity index (χ0) is 10.4. The summed E-state index contributed by atoms with van der Waals surface area (Å²) in [6, 6.07) is 5.16. The number of hydrogen-bond acceptors (Lipinski definition) is 2. The zero-order valence-corrected chi connectivity index (χ0v) is 8.92. The zero-order valence-electron chi connectivity index (χ0n) is 7.41. The lowest BCUT2D eigenvalue weighted by Gasteiger charge is -1.97. The molecule has 0 unspecified atom stereocenters. The van der Waals surface area contributed by atoms with Crippen LogP contribution in [0.5, 0.6) is 0 Å². The average molecular weight is 230 g/mol. The van der Waals surface area contributed by atoms with Crippen LogP contribution in [-0.2, 0) is 4.84 Å². The maximum absolute atomic E-state index is 5.89. The SMILES string of the molecule is C=CCO/N=C/c1ccc(Cl)cc1Cl. The fourth-order valence-corrected chi connectivity index (χ4v) is 1.25. The van der Waals surface area contributed by atoms with E-state index in [1.165, 1.54) is 6.21 Å². The van der Waals surface area contributed by atoms with Gasteiger partial charge in [0.05, 0.1) is 11.2 Å². The molecule has 1 aromatic rings. The van der Waals surface area contributed by atoms with Gasteiger partial charge in [-0.05, 0) is 12.1 Å². The molecule has 0 aliphatic carbocycles. The van der Waals surface area contributed by atoms with Crippen molar-refractivity contribution in [2.45, 2.75) is 0 Å². The molecule has 0 amide bonds. The minimum atomic E-state index is 0.377. The second-order valence-electron chi connectivity index (χ2n) is 2.48. The van der Waals surface area contributed by atoms with Crippen molar-refractivity contribution in [3.63, 3.8) is 0 Å². The molecule has 0 aromatic heterocycles. The molecule has 74 valence electrons. The van der Waals surface area contributed by atoms with Crippen molar-refractivity contribution >= 4 is 29.4 Å². The summed E-state index contributed by atoms with van der Waals surface area (Å²) in [6.45, 7) is 3.87. The molecule has 0 N–H and O–H groups in total. The number of halogens is 2. The highest BCUT2D eigenvalue weighted by atomic mass is 35.5. The van der Waals surface area contributed by atoms with E-state index in [0.717, 1.165) is 5.56 Å². The van der Waals surface area contributed by atoms with Crippen molar-refractivity contribution < 1.29 is 4.84 Å². The molecule has 1 aromatic carbocycles. The predicted molar refractivity (Wildman–Crippen MR) is 60.2 cm³/mol. The van der Waals surface area contributed by atoms with Crippen LogP contribution in [0.3, 0.4) is 0 Å². The Morgan fingerprint density at radius 2 is 2.21 bits per heavy atom. The van der Waals surface area contributed by atoms with Crippen molar-refractivity contribution in [2.24, 2.45) is 5.16 Å². The van der Waals surface area contributed by atoms with Gasteiger partial charge in [-0.3, -0.25) is 0 Å². The minimum Gasteiger partial charge on any atom is -0.392 e. The van der Waals surface area contributed by atoms with Gasteiger partial charge in [-0.2, -0.15) is 0 Å². The molecule has 0 aliphatic rings. The summed E-state index contributed by atoms with van der Waals surface area (Å²) in [5.74, 6) is 0. The molecule has 0 aliphatic heterocycles. The Morgan fingerprint density at radius 1 is 1.43 bits per heavy atom. The number of hydrogen-bond donors (Lipinski definition) is 0. The monoisotopic (exact) mass is 229 g/mol. The number of rotatable bonds is 4. The highest BCUT2D eigenvalue weighted by Crippen LogP contribution is 2.19. The molecule has 14 heavy (non-hydrogen) atoms. The Kier molecular flexibility index (Phi) is 4.50. The van der Waals surface area contributed by atoms with Crippen LogP contribution >= 0.6 is 23.2 Å². The van der Waals surface area contributed by atoms with Gasteiger partial charge in [0, 0.05) is 10.6 Å². The maximum Gasteiger partial charge on any atom is 0.135 e. The van der Waals surface area contributed by atoms with Gasteiger partial charge >= 0.3 is 0 Å². The standard InChI is InChI=1S/C10H9Cl2NO/c1-2-5-14-13-7-8-3-4-9(11)6-10(8)12/h2-4,6-7H,1,5H2/b13-7+. The highest BCUT2D eigenvalue weighted by molar-refractivity contribution is 6.36. The third-order valence-corrected chi connectivity index (χ3v) is 1.98. The van der Waals surface area contributed by atoms with Gasteiger partial charge in [0.25, 0.3) is 0 Å². The maximum atomic E-state index is 5.89. The van der Waals surface area contributed by atoms with Crippen molar-refractivity contribution in [2.75, 3.05) is 6.61 Å². The molecule has 0 heterocycles. The first-order valence-electron chi connectivity index (χ1n) is 3.95. The van der Waals surface area contributed by atoms with E-state index in [4.69, 9.17) is 28.0 Å². The summed E-state index contributed by atoms with van der Waals surface area (Å²) in [7, 11) is 0. The normalized spacial score (nSPS) is 10.4. The molecule has 0 fully saturated rings. The fourth-order valence-electron chi connectivity index (χ4n) is 0.796.